The van der Waals surface area contributed by atoms with Crippen LogP contribution in [0.3, 0.4) is 0 Å². The minimum atomic E-state index is -3.52. The summed E-state index contributed by atoms with van der Waals surface area (Å²) < 4.78 is 26.8. The van der Waals surface area contributed by atoms with Crippen LogP contribution in [0.1, 0.15) is 19.4 Å². The molecule has 0 aliphatic heterocycles. The lowest BCUT2D eigenvalue weighted by Crippen LogP contribution is -2.28. The highest BCUT2D eigenvalue weighted by atomic mass is 35.5. The van der Waals surface area contributed by atoms with Gasteiger partial charge in [-0.15, -0.1) is 0 Å². The normalized spacial score (nSPS) is 11.7. The largest absolute Gasteiger partial charge is 0.366 e. The van der Waals surface area contributed by atoms with Crippen molar-refractivity contribution in [3.63, 3.8) is 0 Å². The summed E-state index contributed by atoms with van der Waals surface area (Å²) in [6.07, 6.45) is 1.71. The first-order chi connectivity index (χ1) is 12.3. The second kappa shape index (κ2) is 8.56. The van der Waals surface area contributed by atoms with E-state index in [0.29, 0.717) is 22.1 Å². The number of benzene rings is 2. The van der Waals surface area contributed by atoms with E-state index in [4.69, 9.17) is 11.6 Å². The summed E-state index contributed by atoms with van der Waals surface area (Å²) in [6, 6.07) is 12.5. The van der Waals surface area contributed by atoms with Crippen molar-refractivity contribution in [1.29, 1.82) is 0 Å². The van der Waals surface area contributed by atoms with Crippen molar-refractivity contribution in [3.05, 3.63) is 53.1 Å². The molecule has 0 saturated carbocycles. The third-order valence-electron chi connectivity index (χ3n) is 4.01. The molecule has 0 fully saturated rings. The lowest BCUT2D eigenvalue weighted by atomic mass is 10.1. The van der Waals surface area contributed by atoms with Crippen LogP contribution in [0.5, 0.6) is 0 Å². The molecule has 0 atom stereocenters. The Morgan fingerprint density at radius 3 is 2.38 bits per heavy atom. The number of aryl methyl sites for hydroxylation is 1. The second-order valence-electron chi connectivity index (χ2n) is 5.91. The van der Waals surface area contributed by atoms with Crippen LogP contribution < -0.4 is 4.31 Å². The van der Waals surface area contributed by atoms with E-state index >= 15 is 0 Å². The molecule has 0 spiro atoms. The van der Waals surface area contributed by atoms with Crippen LogP contribution >= 0.6 is 11.6 Å². The fourth-order valence-electron chi connectivity index (χ4n) is 2.36. The van der Waals surface area contributed by atoms with Crippen molar-refractivity contribution >= 4 is 45.0 Å². The Hall–Kier alpha value is -2.05. The first-order valence-corrected chi connectivity index (χ1v) is 10.4. The van der Waals surface area contributed by atoms with Crippen molar-refractivity contribution < 1.29 is 8.42 Å². The number of nitrogens with zero attached hydrogens (tertiary/aromatic N) is 3. The first kappa shape index (κ1) is 20.3. The lowest BCUT2D eigenvalue weighted by Gasteiger charge is -2.26. The molecular formula is C19H24ClN3O2S. The summed E-state index contributed by atoms with van der Waals surface area (Å²) in [5, 5.41) is 0.401. The molecule has 0 unspecified atom stereocenters. The fraction of sp³-hybridized carbons (Fsp3) is 0.316. The van der Waals surface area contributed by atoms with Gasteiger partial charge >= 0.3 is 0 Å². The molecule has 0 radical (unpaired) electrons. The van der Waals surface area contributed by atoms with Crippen molar-refractivity contribution in [3.8, 4) is 0 Å². The molecule has 2 rings (SSSR count). The maximum atomic E-state index is 12.7. The Balaban J connectivity index is 2.57. The molecule has 5 nitrogen and oxygen atoms in total. The van der Waals surface area contributed by atoms with Crippen molar-refractivity contribution in [2.45, 2.75) is 20.8 Å². The molecule has 2 aromatic carbocycles. The predicted molar refractivity (Wildman–Crippen MR) is 111 cm³/mol. The van der Waals surface area contributed by atoms with Crippen LogP contribution in [0.2, 0.25) is 5.02 Å². The zero-order chi connectivity index (χ0) is 19.3. The van der Waals surface area contributed by atoms with E-state index in [1.54, 1.807) is 37.5 Å². The number of hydrogen-bond acceptors (Lipinski definition) is 3. The smallest absolute Gasteiger partial charge is 0.239 e. The van der Waals surface area contributed by atoms with Crippen LogP contribution in [0.15, 0.2) is 47.5 Å². The molecule has 0 aliphatic carbocycles. The number of aliphatic imine (C=N–C) groups is 1. The number of rotatable bonds is 7. The van der Waals surface area contributed by atoms with E-state index < -0.39 is 10.0 Å². The quantitative estimate of drug-likeness (QED) is 0.504. The molecule has 0 heterocycles. The van der Waals surface area contributed by atoms with Crippen LogP contribution in [-0.2, 0) is 10.0 Å². The molecule has 2 aromatic rings. The standard InChI is InChI=1S/C19H24ClN3O2S/c1-5-22(4)14-21-18-12-15(3)19(13-17(18)20)23(26(24,25)6-2)16-10-8-7-9-11-16/h7-14H,5-6H2,1-4H3. The summed E-state index contributed by atoms with van der Waals surface area (Å²) in [7, 11) is -1.60. The number of sulfonamides is 1. The van der Waals surface area contributed by atoms with E-state index in [9.17, 15) is 8.42 Å². The van der Waals surface area contributed by atoms with Gasteiger partial charge in [0, 0.05) is 13.6 Å². The first-order valence-electron chi connectivity index (χ1n) is 8.42. The molecular weight excluding hydrogens is 370 g/mol. The Morgan fingerprint density at radius 1 is 1.15 bits per heavy atom. The third kappa shape index (κ3) is 4.56. The van der Waals surface area contributed by atoms with Crippen LogP contribution in [0.4, 0.5) is 17.1 Å². The highest BCUT2D eigenvalue weighted by Gasteiger charge is 2.25. The van der Waals surface area contributed by atoms with Gasteiger partial charge in [-0.2, -0.15) is 0 Å². The predicted octanol–water partition coefficient (Wildman–Crippen LogP) is 4.75. The monoisotopic (exact) mass is 393 g/mol. The van der Waals surface area contributed by atoms with Gasteiger partial charge < -0.3 is 4.90 Å². The summed E-state index contributed by atoms with van der Waals surface area (Å²) >= 11 is 6.40. The van der Waals surface area contributed by atoms with E-state index in [2.05, 4.69) is 4.99 Å². The molecule has 140 valence electrons. The molecule has 7 heteroatoms. The lowest BCUT2D eigenvalue weighted by molar-refractivity contribution is 0.552. The highest BCUT2D eigenvalue weighted by molar-refractivity contribution is 7.93. The van der Waals surface area contributed by atoms with Crippen LogP contribution in [0, 0.1) is 6.92 Å². The fourth-order valence-corrected chi connectivity index (χ4v) is 3.76. The van der Waals surface area contributed by atoms with Crippen molar-refractivity contribution in [2.24, 2.45) is 4.99 Å². The van der Waals surface area contributed by atoms with Gasteiger partial charge in [-0.05, 0) is 50.6 Å². The van der Waals surface area contributed by atoms with Gasteiger partial charge in [-0.25, -0.2) is 17.7 Å². The number of hydrogen-bond donors (Lipinski definition) is 0. The molecule has 0 bridgehead atoms. The number of para-hydroxylation sites is 1. The van der Waals surface area contributed by atoms with Gasteiger partial charge in [0.2, 0.25) is 10.0 Å². The average molecular weight is 394 g/mol. The summed E-state index contributed by atoms with van der Waals surface area (Å²) in [5.41, 5.74) is 2.50. The maximum absolute atomic E-state index is 12.7. The van der Waals surface area contributed by atoms with E-state index in [0.717, 1.165) is 12.1 Å². The highest BCUT2D eigenvalue weighted by Crippen LogP contribution is 2.37. The Labute approximate surface area is 161 Å². The Bertz CT molecular complexity index is 883. The number of anilines is 2. The SMILES string of the molecule is CCN(C)C=Nc1cc(C)c(N(c2ccccc2)S(=O)(=O)CC)cc1Cl. The molecule has 0 N–H and O–H groups in total. The van der Waals surface area contributed by atoms with E-state index in [1.165, 1.54) is 4.31 Å². The number of halogens is 1. The van der Waals surface area contributed by atoms with Gasteiger partial charge in [0.05, 0.1) is 34.2 Å². The van der Waals surface area contributed by atoms with Gasteiger partial charge in [-0.1, -0.05) is 29.8 Å². The average Bonchev–Trinajstić information content (AvgIpc) is 2.63. The zero-order valence-corrected chi connectivity index (χ0v) is 17.0. The van der Waals surface area contributed by atoms with Crippen LogP contribution in [0.25, 0.3) is 0 Å². The van der Waals surface area contributed by atoms with Gasteiger partial charge in [0.1, 0.15) is 0 Å². The minimum absolute atomic E-state index is 0.0137. The Morgan fingerprint density at radius 2 is 1.81 bits per heavy atom. The minimum Gasteiger partial charge on any atom is -0.366 e. The topological polar surface area (TPSA) is 53.0 Å². The molecule has 0 amide bonds. The molecule has 0 aromatic heterocycles. The van der Waals surface area contributed by atoms with Gasteiger partial charge in [0.15, 0.2) is 0 Å². The Kier molecular flexibility index (Phi) is 6.67. The molecule has 0 aliphatic rings. The summed E-state index contributed by atoms with van der Waals surface area (Å²) in [6.45, 7) is 6.33. The van der Waals surface area contributed by atoms with Gasteiger partial charge in [-0.3, -0.25) is 0 Å². The molecule has 0 saturated heterocycles. The summed E-state index contributed by atoms with van der Waals surface area (Å²) in [4.78, 5) is 6.32. The van der Waals surface area contributed by atoms with E-state index in [1.807, 2.05) is 44.0 Å². The van der Waals surface area contributed by atoms with Crippen molar-refractivity contribution in [2.75, 3.05) is 23.7 Å². The second-order valence-corrected chi connectivity index (χ2v) is 8.42. The van der Waals surface area contributed by atoms with Gasteiger partial charge in [0.25, 0.3) is 0 Å². The van der Waals surface area contributed by atoms with Crippen molar-refractivity contribution in [1.82, 2.24) is 4.90 Å². The van der Waals surface area contributed by atoms with Crippen LogP contribution in [-0.4, -0.2) is 39.0 Å². The summed E-state index contributed by atoms with van der Waals surface area (Å²) in [5.74, 6) is -0.0137. The molecule has 26 heavy (non-hydrogen) atoms. The maximum Gasteiger partial charge on any atom is 0.239 e. The third-order valence-corrected chi connectivity index (χ3v) is 6.01. The zero-order valence-electron chi connectivity index (χ0n) is 15.5. The van der Waals surface area contributed by atoms with E-state index in [-0.39, 0.29) is 5.75 Å².